The van der Waals surface area contributed by atoms with Crippen LogP contribution in [0.3, 0.4) is 0 Å². The second-order valence-electron chi connectivity index (χ2n) is 4.74. The highest BCUT2D eigenvalue weighted by Gasteiger charge is 2.34. The molecule has 1 aromatic rings. The zero-order valence-corrected chi connectivity index (χ0v) is 9.62. The maximum atomic E-state index is 5.60. The number of hydrogen-bond donors (Lipinski definition) is 0. The number of ether oxygens (including phenoxy) is 2. The van der Waals surface area contributed by atoms with Crippen molar-refractivity contribution in [3.8, 4) is 5.75 Å². The Kier molecular flexibility index (Phi) is 2.70. The largest absolute Gasteiger partial charge is 0.491 e. The van der Waals surface area contributed by atoms with Gasteiger partial charge in [-0.25, -0.2) is 0 Å². The lowest BCUT2D eigenvalue weighted by Gasteiger charge is -2.38. The van der Waals surface area contributed by atoms with E-state index in [9.17, 15) is 0 Å². The number of rotatable bonds is 3. The summed E-state index contributed by atoms with van der Waals surface area (Å²) in [7, 11) is 0. The van der Waals surface area contributed by atoms with Crippen molar-refractivity contribution < 1.29 is 9.47 Å². The van der Waals surface area contributed by atoms with Crippen LogP contribution in [0.2, 0.25) is 0 Å². The molecule has 1 saturated heterocycles. The Morgan fingerprint density at radius 2 is 1.80 bits per heavy atom. The quantitative estimate of drug-likeness (QED) is 0.757. The van der Waals surface area contributed by atoms with Gasteiger partial charge >= 0.3 is 0 Å². The fraction of sp³-hybridized carbons (Fsp3) is 0.538. The summed E-state index contributed by atoms with van der Waals surface area (Å²) >= 11 is 0. The van der Waals surface area contributed by atoms with Gasteiger partial charge < -0.3 is 9.47 Å². The summed E-state index contributed by atoms with van der Waals surface area (Å²) in [6.07, 6.45) is 0.235. The molecule has 0 atom stereocenters. The first-order valence-electron chi connectivity index (χ1n) is 5.45. The van der Waals surface area contributed by atoms with Crippen molar-refractivity contribution in [3.05, 3.63) is 29.8 Å². The van der Waals surface area contributed by atoms with Crippen LogP contribution in [0.25, 0.3) is 0 Å². The van der Waals surface area contributed by atoms with Crippen LogP contribution >= 0.6 is 0 Å². The standard InChI is InChI=1S/C13H18O2/c1-10(2)15-12-6-4-11(5-7-12)13(3)8-14-9-13/h4-7,10H,8-9H2,1-3H3. The van der Waals surface area contributed by atoms with Crippen molar-refractivity contribution in [1.29, 1.82) is 0 Å². The van der Waals surface area contributed by atoms with Gasteiger partial charge in [0.05, 0.1) is 19.3 Å². The van der Waals surface area contributed by atoms with E-state index in [0.29, 0.717) is 0 Å². The van der Waals surface area contributed by atoms with Crippen LogP contribution in [0.15, 0.2) is 24.3 Å². The Hall–Kier alpha value is -1.02. The molecule has 0 amide bonds. The van der Waals surface area contributed by atoms with E-state index in [2.05, 4.69) is 19.1 Å². The minimum Gasteiger partial charge on any atom is -0.491 e. The summed E-state index contributed by atoms with van der Waals surface area (Å²) in [5.74, 6) is 0.942. The molecule has 0 unspecified atom stereocenters. The summed E-state index contributed by atoms with van der Waals surface area (Å²) in [5, 5.41) is 0. The van der Waals surface area contributed by atoms with Crippen molar-refractivity contribution in [2.45, 2.75) is 32.3 Å². The molecule has 0 radical (unpaired) electrons. The van der Waals surface area contributed by atoms with Crippen molar-refractivity contribution in [1.82, 2.24) is 0 Å². The van der Waals surface area contributed by atoms with Gasteiger partial charge in [-0.15, -0.1) is 0 Å². The van der Waals surface area contributed by atoms with Crippen LogP contribution in [0, 0.1) is 0 Å². The lowest BCUT2D eigenvalue weighted by atomic mass is 9.81. The second-order valence-corrected chi connectivity index (χ2v) is 4.74. The summed E-state index contributed by atoms with van der Waals surface area (Å²) in [6.45, 7) is 7.97. The predicted octanol–water partition coefficient (Wildman–Crippen LogP) is 2.76. The van der Waals surface area contributed by atoms with Gasteiger partial charge in [0, 0.05) is 5.41 Å². The monoisotopic (exact) mass is 206 g/mol. The third-order valence-electron chi connectivity index (χ3n) is 2.76. The Labute approximate surface area is 91.2 Å². The molecular weight excluding hydrogens is 188 g/mol. The van der Waals surface area contributed by atoms with Crippen LogP contribution in [0.5, 0.6) is 5.75 Å². The highest BCUT2D eigenvalue weighted by Crippen LogP contribution is 2.32. The fourth-order valence-corrected chi connectivity index (χ4v) is 1.78. The Morgan fingerprint density at radius 3 is 2.20 bits per heavy atom. The van der Waals surface area contributed by atoms with Gasteiger partial charge in [0.1, 0.15) is 5.75 Å². The van der Waals surface area contributed by atoms with Crippen LogP contribution in [0.4, 0.5) is 0 Å². The average molecular weight is 206 g/mol. The molecule has 1 aliphatic heterocycles. The average Bonchev–Trinajstić information content (AvgIpc) is 2.14. The van der Waals surface area contributed by atoms with Gasteiger partial charge in [-0.05, 0) is 31.5 Å². The molecule has 0 bridgehead atoms. The van der Waals surface area contributed by atoms with Crippen molar-refractivity contribution >= 4 is 0 Å². The molecule has 2 nitrogen and oxygen atoms in total. The molecule has 0 aromatic heterocycles. The predicted molar refractivity (Wildman–Crippen MR) is 60.4 cm³/mol. The van der Waals surface area contributed by atoms with E-state index < -0.39 is 0 Å². The van der Waals surface area contributed by atoms with E-state index in [1.165, 1.54) is 5.56 Å². The zero-order valence-electron chi connectivity index (χ0n) is 9.62. The van der Waals surface area contributed by atoms with Crippen LogP contribution < -0.4 is 4.74 Å². The van der Waals surface area contributed by atoms with Gasteiger partial charge in [-0.2, -0.15) is 0 Å². The summed E-state index contributed by atoms with van der Waals surface area (Å²) in [4.78, 5) is 0. The smallest absolute Gasteiger partial charge is 0.119 e. The number of benzene rings is 1. The first-order chi connectivity index (χ1) is 7.10. The van der Waals surface area contributed by atoms with E-state index in [-0.39, 0.29) is 11.5 Å². The summed E-state index contributed by atoms with van der Waals surface area (Å²) in [5.41, 5.74) is 1.56. The molecule has 0 aliphatic carbocycles. The van der Waals surface area contributed by atoms with Gasteiger partial charge in [0.15, 0.2) is 0 Å². The number of hydrogen-bond acceptors (Lipinski definition) is 2. The maximum absolute atomic E-state index is 5.60. The fourth-order valence-electron chi connectivity index (χ4n) is 1.78. The topological polar surface area (TPSA) is 18.5 Å². The van der Waals surface area contributed by atoms with E-state index in [4.69, 9.17) is 9.47 Å². The first-order valence-corrected chi connectivity index (χ1v) is 5.45. The van der Waals surface area contributed by atoms with Crippen LogP contribution in [-0.4, -0.2) is 19.3 Å². The Balaban J connectivity index is 2.10. The summed E-state index contributed by atoms with van der Waals surface area (Å²) in [6, 6.07) is 8.36. The lowest BCUT2D eigenvalue weighted by Crippen LogP contribution is -2.43. The SMILES string of the molecule is CC(C)Oc1ccc(C2(C)COC2)cc1. The van der Waals surface area contributed by atoms with Crippen molar-refractivity contribution in [2.75, 3.05) is 13.2 Å². The third-order valence-corrected chi connectivity index (χ3v) is 2.76. The highest BCUT2D eigenvalue weighted by molar-refractivity contribution is 5.33. The molecule has 1 aromatic carbocycles. The van der Waals surface area contributed by atoms with Gasteiger partial charge in [-0.3, -0.25) is 0 Å². The minimum atomic E-state index is 0.219. The van der Waals surface area contributed by atoms with E-state index in [1.54, 1.807) is 0 Å². The summed E-state index contributed by atoms with van der Waals surface area (Å²) < 4.78 is 10.9. The molecule has 0 N–H and O–H groups in total. The minimum absolute atomic E-state index is 0.219. The second kappa shape index (κ2) is 3.86. The zero-order chi connectivity index (χ0) is 10.9. The van der Waals surface area contributed by atoms with E-state index in [0.717, 1.165) is 19.0 Å². The Morgan fingerprint density at radius 1 is 1.20 bits per heavy atom. The van der Waals surface area contributed by atoms with Crippen LogP contribution in [0.1, 0.15) is 26.3 Å². The van der Waals surface area contributed by atoms with E-state index >= 15 is 0 Å². The van der Waals surface area contributed by atoms with Crippen LogP contribution in [-0.2, 0) is 10.2 Å². The molecule has 1 aliphatic rings. The molecular formula is C13H18O2. The molecule has 0 spiro atoms. The van der Waals surface area contributed by atoms with E-state index in [1.807, 2.05) is 26.0 Å². The molecule has 2 heteroatoms. The van der Waals surface area contributed by atoms with Crippen molar-refractivity contribution in [2.24, 2.45) is 0 Å². The first kappa shape index (κ1) is 10.5. The normalized spacial score (nSPS) is 18.7. The third kappa shape index (κ3) is 2.15. The lowest BCUT2D eigenvalue weighted by molar-refractivity contribution is -0.0500. The molecule has 82 valence electrons. The van der Waals surface area contributed by atoms with Gasteiger partial charge in [-0.1, -0.05) is 19.1 Å². The maximum Gasteiger partial charge on any atom is 0.119 e. The molecule has 2 rings (SSSR count). The van der Waals surface area contributed by atoms with Crippen molar-refractivity contribution in [3.63, 3.8) is 0 Å². The highest BCUT2D eigenvalue weighted by atomic mass is 16.5. The van der Waals surface area contributed by atoms with Gasteiger partial charge in [0.2, 0.25) is 0 Å². The van der Waals surface area contributed by atoms with Gasteiger partial charge in [0.25, 0.3) is 0 Å². The Bertz CT molecular complexity index is 323. The molecule has 15 heavy (non-hydrogen) atoms. The molecule has 1 heterocycles. The molecule has 0 saturated carbocycles. The molecule has 1 fully saturated rings.